The minimum absolute atomic E-state index is 0.167. The van der Waals surface area contributed by atoms with Gasteiger partial charge in [0.2, 0.25) is 0 Å². The van der Waals surface area contributed by atoms with Crippen LogP contribution in [-0.2, 0) is 49.8 Å². The lowest BCUT2D eigenvalue weighted by atomic mass is 9.87. The highest BCUT2D eigenvalue weighted by atomic mass is 32.2. The fraction of sp³-hybridized carbons (Fsp3) is 0.393. The predicted molar refractivity (Wildman–Crippen MR) is 137 cm³/mol. The number of rotatable bonds is 12. The molecule has 1 heterocycles. The highest BCUT2D eigenvalue weighted by Gasteiger charge is 2.43. The first-order valence-corrected chi connectivity index (χ1v) is 13.7. The minimum atomic E-state index is -3.51. The predicted octanol–water partition coefficient (Wildman–Crippen LogP) is 5.19. The Morgan fingerprint density at radius 1 is 0.941 bits per heavy atom. The number of unbranched alkanes of at least 4 members (excludes halogenated alkanes) is 1. The van der Waals surface area contributed by atoms with E-state index >= 15 is 0 Å². The number of aromatic amines is 1. The number of methoxy groups -OCH3 is 1. The second kappa shape index (κ2) is 11.5. The number of aromatic nitrogens is 1. The Balaban J connectivity index is 1.95. The largest absolute Gasteiger partial charge is 0.469 e. The van der Waals surface area contributed by atoms with Crippen molar-refractivity contribution in [2.75, 3.05) is 13.4 Å². The van der Waals surface area contributed by atoms with Gasteiger partial charge in [-0.1, -0.05) is 61.9 Å². The molecule has 1 N–H and O–H groups in total. The Labute approximate surface area is 203 Å². The number of ether oxygens (including phenoxy) is 1. The van der Waals surface area contributed by atoms with Gasteiger partial charge in [0.25, 0.3) is 0 Å². The second-order valence-electron chi connectivity index (χ2n) is 8.97. The summed E-state index contributed by atoms with van der Waals surface area (Å²) in [7, 11) is -2.13. The van der Waals surface area contributed by atoms with E-state index in [1.165, 1.54) is 18.9 Å². The molecule has 0 fully saturated rings. The zero-order valence-electron chi connectivity index (χ0n) is 20.3. The van der Waals surface area contributed by atoms with E-state index in [1.807, 2.05) is 36.4 Å². The van der Waals surface area contributed by atoms with Gasteiger partial charge in [0.15, 0.2) is 9.84 Å². The van der Waals surface area contributed by atoms with E-state index in [4.69, 9.17) is 4.74 Å². The van der Waals surface area contributed by atoms with Gasteiger partial charge < -0.3 is 9.72 Å². The molecule has 0 radical (unpaired) electrons. The average Bonchev–Trinajstić information content (AvgIpc) is 3.36. The van der Waals surface area contributed by atoms with E-state index in [9.17, 15) is 13.2 Å². The van der Waals surface area contributed by atoms with Crippen LogP contribution >= 0.6 is 0 Å². The van der Waals surface area contributed by atoms with Crippen LogP contribution in [0.25, 0.3) is 0 Å². The maximum absolute atomic E-state index is 13.4. The molecular formula is C28H35NO4S. The highest BCUT2D eigenvalue weighted by Crippen LogP contribution is 2.38. The summed E-state index contributed by atoms with van der Waals surface area (Å²) in [4.78, 5) is 15.1. The fourth-order valence-electron chi connectivity index (χ4n) is 4.52. The number of carbonyl (C=O) groups is 1. The van der Waals surface area contributed by atoms with Crippen molar-refractivity contribution >= 4 is 15.8 Å². The van der Waals surface area contributed by atoms with Crippen molar-refractivity contribution in [2.24, 2.45) is 0 Å². The third-order valence-corrected chi connectivity index (χ3v) is 8.60. The summed E-state index contributed by atoms with van der Waals surface area (Å²) in [5.74, 6) is -0.311. The lowest BCUT2D eigenvalue weighted by molar-refractivity contribution is -0.139. The van der Waals surface area contributed by atoms with Crippen molar-refractivity contribution in [3.05, 3.63) is 94.8 Å². The van der Waals surface area contributed by atoms with Crippen LogP contribution in [-0.4, -0.2) is 32.7 Å². The molecule has 3 rings (SSSR count). The van der Waals surface area contributed by atoms with E-state index in [0.717, 1.165) is 36.0 Å². The molecule has 6 heteroatoms. The second-order valence-corrected chi connectivity index (χ2v) is 11.3. The van der Waals surface area contributed by atoms with Crippen LogP contribution in [0.2, 0.25) is 0 Å². The van der Waals surface area contributed by atoms with Gasteiger partial charge in [-0.15, -0.1) is 0 Å². The number of hydrogen-bond acceptors (Lipinski definition) is 4. The molecule has 0 saturated carbocycles. The molecule has 0 bridgehead atoms. The van der Waals surface area contributed by atoms with Crippen LogP contribution in [0, 0.1) is 0 Å². The van der Waals surface area contributed by atoms with Gasteiger partial charge in [-0.25, -0.2) is 8.42 Å². The molecule has 1 atom stereocenters. The van der Waals surface area contributed by atoms with E-state index in [1.54, 1.807) is 6.20 Å². The number of nitrogens with one attached hydrogen (secondary N) is 1. The maximum Gasteiger partial charge on any atom is 0.309 e. The standard InChI is InChI=1S/C28H35NO4S/c1-4-5-9-22-13-15-23(16-14-22)21-28(34(3,31)32,26-12-8-19-29-26)18-17-24-10-6-7-11-25(24)20-27(30)33-2/h6-8,10-16,19,29H,4-5,9,17-18,20-21H2,1-3H3. The van der Waals surface area contributed by atoms with Crippen molar-refractivity contribution in [2.45, 2.75) is 56.6 Å². The van der Waals surface area contributed by atoms with Crippen LogP contribution < -0.4 is 0 Å². The summed E-state index contributed by atoms with van der Waals surface area (Å²) >= 11 is 0. The smallest absolute Gasteiger partial charge is 0.309 e. The van der Waals surface area contributed by atoms with Crippen molar-refractivity contribution in [1.29, 1.82) is 0 Å². The minimum Gasteiger partial charge on any atom is -0.469 e. The number of carbonyl (C=O) groups excluding carboxylic acids is 1. The summed E-state index contributed by atoms with van der Waals surface area (Å²) < 4.78 is 30.5. The molecule has 0 aliphatic heterocycles. The number of hydrogen-bond donors (Lipinski definition) is 1. The first kappa shape index (κ1) is 25.8. The van der Waals surface area contributed by atoms with Gasteiger partial charge in [0.1, 0.15) is 4.75 Å². The van der Waals surface area contributed by atoms with Crippen LogP contribution in [0.3, 0.4) is 0 Å². The first-order valence-electron chi connectivity index (χ1n) is 11.8. The van der Waals surface area contributed by atoms with E-state index in [0.29, 0.717) is 25.0 Å². The lowest BCUT2D eigenvalue weighted by Crippen LogP contribution is -2.38. The third-order valence-electron chi connectivity index (χ3n) is 6.61. The van der Waals surface area contributed by atoms with Crippen LogP contribution in [0.5, 0.6) is 0 Å². The summed E-state index contributed by atoms with van der Waals surface area (Å²) in [6.07, 6.45) is 7.86. The molecule has 2 aromatic carbocycles. The molecular weight excluding hydrogens is 446 g/mol. The molecule has 0 spiro atoms. The Hall–Kier alpha value is -2.86. The van der Waals surface area contributed by atoms with Gasteiger partial charge in [-0.05, 0) is 66.5 Å². The monoisotopic (exact) mass is 481 g/mol. The average molecular weight is 482 g/mol. The fourth-order valence-corrected chi connectivity index (χ4v) is 5.95. The van der Waals surface area contributed by atoms with Crippen LogP contribution in [0.4, 0.5) is 0 Å². The number of benzene rings is 2. The van der Waals surface area contributed by atoms with Crippen LogP contribution in [0.1, 0.15) is 54.1 Å². The molecule has 5 nitrogen and oxygen atoms in total. The lowest BCUT2D eigenvalue weighted by Gasteiger charge is -2.32. The third kappa shape index (κ3) is 6.17. The molecule has 0 amide bonds. The van der Waals surface area contributed by atoms with Gasteiger partial charge in [-0.2, -0.15) is 0 Å². The zero-order chi connectivity index (χ0) is 24.6. The summed E-state index contributed by atoms with van der Waals surface area (Å²) in [6.45, 7) is 2.18. The SMILES string of the molecule is CCCCc1ccc(CC(CCc2ccccc2CC(=O)OC)(c2ccc[nH]2)S(C)(=O)=O)cc1. The maximum atomic E-state index is 13.4. The normalized spacial score (nSPS) is 13.4. The summed E-state index contributed by atoms with van der Waals surface area (Å²) in [5, 5.41) is 0. The van der Waals surface area contributed by atoms with Gasteiger partial charge in [0.05, 0.1) is 13.5 Å². The number of sulfone groups is 1. The van der Waals surface area contributed by atoms with E-state index < -0.39 is 14.6 Å². The molecule has 182 valence electrons. The van der Waals surface area contributed by atoms with Crippen LogP contribution in [0.15, 0.2) is 66.9 Å². The topological polar surface area (TPSA) is 76.2 Å². The summed E-state index contributed by atoms with van der Waals surface area (Å²) in [5.41, 5.74) is 4.77. The van der Waals surface area contributed by atoms with Gasteiger partial charge in [-0.3, -0.25) is 4.79 Å². The van der Waals surface area contributed by atoms with Crippen molar-refractivity contribution < 1.29 is 17.9 Å². The molecule has 0 aliphatic carbocycles. The Kier molecular flexibility index (Phi) is 8.72. The summed E-state index contributed by atoms with van der Waals surface area (Å²) in [6, 6.07) is 19.7. The molecule has 34 heavy (non-hydrogen) atoms. The van der Waals surface area contributed by atoms with E-state index in [2.05, 4.69) is 36.2 Å². The highest BCUT2D eigenvalue weighted by molar-refractivity contribution is 7.91. The molecule has 0 saturated heterocycles. The number of aryl methyl sites for hydroxylation is 2. The zero-order valence-corrected chi connectivity index (χ0v) is 21.2. The quantitative estimate of drug-likeness (QED) is 0.361. The van der Waals surface area contributed by atoms with Crippen molar-refractivity contribution in [1.82, 2.24) is 4.98 Å². The van der Waals surface area contributed by atoms with E-state index in [-0.39, 0.29) is 12.4 Å². The Morgan fingerprint density at radius 2 is 1.62 bits per heavy atom. The van der Waals surface area contributed by atoms with Gasteiger partial charge in [0, 0.05) is 18.1 Å². The van der Waals surface area contributed by atoms with Gasteiger partial charge >= 0.3 is 5.97 Å². The number of esters is 1. The number of H-pyrrole nitrogens is 1. The molecule has 1 aromatic heterocycles. The molecule has 3 aromatic rings. The molecule has 1 unspecified atom stereocenters. The van der Waals surface area contributed by atoms with Crippen molar-refractivity contribution in [3.8, 4) is 0 Å². The molecule has 0 aliphatic rings. The first-order chi connectivity index (χ1) is 16.3. The van der Waals surface area contributed by atoms with Crippen molar-refractivity contribution in [3.63, 3.8) is 0 Å². The Bertz CT molecular complexity index is 1170. The Morgan fingerprint density at radius 3 is 2.21 bits per heavy atom.